The van der Waals surface area contributed by atoms with E-state index in [0.29, 0.717) is 41.6 Å². The predicted octanol–water partition coefficient (Wildman–Crippen LogP) is 5.15. The monoisotopic (exact) mass is 457 g/mol. The van der Waals surface area contributed by atoms with Crippen molar-refractivity contribution in [2.24, 2.45) is 0 Å². The second-order valence-electron chi connectivity index (χ2n) is 7.56. The van der Waals surface area contributed by atoms with E-state index in [1.807, 2.05) is 37.6 Å². The normalized spacial score (nSPS) is 11.4. The van der Waals surface area contributed by atoms with Crippen molar-refractivity contribution in [1.82, 2.24) is 19.3 Å². The van der Waals surface area contributed by atoms with Crippen LogP contribution in [0.5, 0.6) is 11.5 Å². The number of fused-ring (bicyclic) bond motifs is 3. The van der Waals surface area contributed by atoms with Crippen molar-refractivity contribution in [3.05, 3.63) is 53.7 Å². The maximum Gasteiger partial charge on any atom is 0.163 e. The van der Waals surface area contributed by atoms with Crippen LogP contribution in [0.4, 0.5) is 15.9 Å². The first-order valence-electron chi connectivity index (χ1n) is 10.4. The van der Waals surface area contributed by atoms with Crippen LogP contribution < -0.4 is 14.8 Å². The number of ether oxygens (including phenoxy) is 2. The van der Waals surface area contributed by atoms with Gasteiger partial charge in [0, 0.05) is 18.7 Å². The number of imidazole rings is 1. The molecule has 0 bridgehead atoms. The second kappa shape index (κ2) is 9.58. The van der Waals surface area contributed by atoms with E-state index in [1.54, 1.807) is 24.7 Å². The molecule has 4 rings (SSSR count). The highest BCUT2D eigenvalue weighted by Gasteiger charge is 2.16. The Labute approximate surface area is 190 Å². The van der Waals surface area contributed by atoms with E-state index in [4.69, 9.17) is 26.1 Å². The highest BCUT2D eigenvalue weighted by Crippen LogP contribution is 2.35. The molecular weight excluding hydrogens is 433 g/mol. The zero-order valence-corrected chi connectivity index (χ0v) is 19.0. The lowest BCUT2D eigenvalue weighted by Gasteiger charge is -2.16. The van der Waals surface area contributed by atoms with Gasteiger partial charge in [0.15, 0.2) is 17.3 Å². The lowest BCUT2D eigenvalue weighted by molar-refractivity contribution is 0.259. The third-order valence-corrected chi connectivity index (χ3v) is 5.24. The zero-order chi connectivity index (χ0) is 22.7. The van der Waals surface area contributed by atoms with Gasteiger partial charge in [0.1, 0.15) is 11.3 Å². The summed E-state index contributed by atoms with van der Waals surface area (Å²) in [6.07, 6.45) is 4.22. The van der Waals surface area contributed by atoms with Gasteiger partial charge >= 0.3 is 0 Å². The number of rotatable bonds is 9. The van der Waals surface area contributed by atoms with Gasteiger partial charge in [-0.2, -0.15) is 0 Å². The van der Waals surface area contributed by atoms with Crippen LogP contribution in [0.25, 0.3) is 16.6 Å². The summed E-state index contributed by atoms with van der Waals surface area (Å²) in [5, 5.41) is 3.29. The fraction of sp³-hybridized carbons (Fsp3) is 0.304. The van der Waals surface area contributed by atoms with E-state index in [1.165, 1.54) is 6.07 Å². The van der Waals surface area contributed by atoms with Crippen molar-refractivity contribution < 1.29 is 13.9 Å². The van der Waals surface area contributed by atoms with Gasteiger partial charge in [0.25, 0.3) is 0 Å². The highest BCUT2D eigenvalue weighted by molar-refractivity contribution is 6.33. The zero-order valence-electron chi connectivity index (χ0n) is 18.2. The van der Waals surface area contributed by atoms with E-state index >= 15 is 0 Å². The van der Waals surface area contributed by atoms with Crippen molar-refractivity contribution in [2.45, 2.75) is 13.3 Å². The molecule has 4 aromatic rings. The molecule has 7 nitrogen and oxygen atoms in total. The number of nitrogens with one attached hydrogen (secondary N) is 1. The number of hydrogen-bond donors (Lipinski definition) is 1. The van der Waals surface area contributed by atoms with Crippen LogP contribution in [0.1, 0.15) is 13.3 Å². The molecule has 9 heteroatoms. The van der Waals surface area contributed by atoms with E-state index in [2.05, 4.69) is 15.2 Å². The number of benzene rings is 2. The predicted molar refractivity (Wildman–Crippen MR) is 125 cm³/mol. The molecule has 0 aliphatic heterocycles. The summed E-state index contributed by atoms with van der Waals surface area (Å²) < 4.78 is 28.1. The first kappa shape index (κ1) is 22.1. The molecule has 0 fully saturated rings. The number of anilines is 2. The van der Waals surface area contributed by atoms with Gasteiger partial charge in [-0.1, -0.05) is 17.7 Å². The number of para-hydroxylation sites is 1. The average molecular weight is 458 g/mol. The van der Waals surface area contributed by atoms with Gasteiger partial charge in [0.05, 0.1) is 47.5 Å². The molecule has 0 amide bonds. The lowest BCUT2D eigenvalue weighted by atomic mass is 10.2. The molecule has 0 radical (unpaired) electrons. The van der Waals surface area contributed by atoms with Crippen molar-refractivity contribution in [3.63, 3.8) is 0 Å². The summed E-state index contributed by atoms with van der Waals surface area (Å²) in [6.45, 7) is 3.90. The van der Waals surface area contributed by atoms with Gasteiger partial charge in [0.2, 0.25) is 0 Å². The van der Waals surface area contributed by atoms with Crippen molar-refractivity contribution in [3.8, 4) is 11.5 Å². The van der Waals surface area contributed by atoms with Gasteiger partial charge in [-0.3, -0.25) is 4.40 Å². The Bertz CT molecular complexity index is 1220. The van der Waals surface area contributed by atoms with Crippen LogP contribution in [0.3, 0.4) is 0 Å². The van der Waals surface area contributed by atoms with Crippen LogP contribution in [0, 0.1) is 5.82 Å². The van der Waals surface area contributed by atoms with Crippen molar-refractivity contribution >= 4 is 39.7 Å². The molecular formula is C23H25ClFN5O2. The summed E-state index contributed by atoms with van der Waals surface area (Å²) >= 11 is 6.20. The topological polar surface area (TPSA) is 63.9 Å². The fourth-order valence-corrected chi connectivity index (χ4v) is 3.64. The van der Waals surface area contributed by atoms with Gasteiger partial charge < -0.3 is 19.7 Å². The van der Waals surface area contributed by atoms with E-state index < -0.39 is 5.82 Å². The van der Waals surface area contributed by atoms with Gasteiger partial charge in [-0.25, -0.2) is 14.4 Å². The van der Waals surface area contributed by atoms with Gasteiger partial charge in [-0.15, -0.1) is 0 Å². The second-order valence-corrected chi connectivity index (χ2v) is 7.96. The molecule has 1 N–H and O–H groups in total. The molecule has 0 spiro atoms. The summed E-state index contributed by atoms with van der Waals surface area (Å²) in [5.41, 5.74) is 2.29. The summed E-state index contributed by atoms with van der Waals surface area (Å²) in [6, 6.07) is 8.25. The minimum absolute atomic E-state index is 0.162. The summed E-state index contributed by atoms with van der Waals surface area (Å²) in [5.74, 6) is 1.22. The Morgan fingerprint density at radius 2 is 1.97 bits per heavy atom. The van der Waals surface area contributed by atoms with Crippen LogP contribution >= 0.6 is 11.6 Å². The molecule has 0 aliphatic carbocycles. The molecule has 168 valence electrons. The molecule has 0 saturated carbocycles. The molecule has 0 saturated heterocycles. The van der Waals surface area contributed by atoms with E-state index in [9.17, 15) is 4.39 Å². The number of hydrogen-bond acceptors (Lipinski definition) is 6. The molecule has 2 aromatic heterocycles. The molecule has 0 unspecified atom stereocenters. The quantitative estimate of drug-likeness (QED) is 0.351. The molecule has 0 atom stereocenters. The highest BCUT2D eigenvalue weighted by atomic mass is 35.5. The molecule has 2 aromatic carbocycles. The summed E-state index contributed by atoms with van der Waals surface area (Å²) in [4.78, 5) is 11.1. The van der Waals surface area contributed by atoms with Crippen LogP contribution in [0.2, 0.25) is 5.02 Å². The minimum atomic E-state index is -0.464. The average Bonchev–Trinajstić information content (AvgIpc) is 3.25. The Morgan fingerprint density at radius 1 is 1.16 bits per heavy atom. The molecule has 0 aliphatic rings. The van der Waals surface area contributed by atoms with Crippen LogP contribution in [0.15, 0.2) is 42.9 Å². The molecule has 32 heavy (non-hydrogen) atoms. The van der Waals surface area contributed by atoms with E-state index in [-0.39, 0.29) is 10.7 Å². The Morgan fingerprint density at radius 3 is 2.72 bits per heavy atom. The summed E-state index contributed by atoms with van der Waals surface area (Å²) in [7, 11) is 4.05. The van der Waals surface area contributed by atoms with Crippen LogP contribution in [-0.2, 0) is 0 Å². The largest absolute Gasteiger partial charge is 0.490 e. The van der Waals surface area contributed by atoms with Crippen LogP contribution in [-0.4, -0.2) is 53.1 Å². The number of nitrogens with zero attached hydrogens (tertiary/aromatic N) is 4. The van der Waals surface area contributed by atoms with Crippen molar-refractivity contribution in [2.75, 3.05) is 39.2 Å². The smallest absolute Gasteiger partial charge is 0.163 e. The number of aromatic nitrogens is 3. The third kappa shape index (κ3) is 4.56. The maximum absolute atomic E-state index is 14.4. The third-order valence-electron chi connectivity index (χ3n) is 4.93. The first-order chi connectivity index (χ1) is 15.5. The standard InChI is InChI=1S/C23H25ClFN5O2/c1-4-31-21-12-18-17(11-20(21)32-10-6-9-29(2)3)27-23(19-13-26-14-30(18)19)28-22-15(24)7-5-8-16(22)25/h5,7-8,11-14H,4,6,9-10H2,1-3H3,(H,27,28). The molecule has 2 heterocycles. The number of halogens is 2. The SMILES string of the molecule is CCOc1cc2c(cc1OCCCN(C)C)nc(Nc1c(F)cccc1Cl)c1cncn12. The Kier molecular flexibility index (Phi) is 6.62. The minimum Gasteiger partial charge on any atom is -0.490 e. The van der Waals surface area contributed by atoms with E-state index in [0.717, 1.165) is 18.5 Å². The fourth-order valence-electron chi connectivity index (χ4n) is 3.43. The Hall–Kier alpha value is -3.10. The maximum atomic E-state index is 14.4. The Balaban J connectivity index is 1.77. The first-order valence-corrected chi connectivity index (χ1v) is 10.8. The van der Waals surface area contributed by atoms with Crippen molar-refractivity contribution in [1.29, 1.82) is 0 Å². The van der Waals surface area contributed by atoms with Gasteiger partial charge in [-0.05, 0) is 39.6 Å². The lowest BCUT2D eigenvalue weighted by Crippen LogP contribution is -2.15.